The molecule has 0 amide bonds. The van der Waals surface area contributed by atoms with Gasteiger partial charge in [-0.05, 0) is 24.5 Å². The average molecular weight is 343 g/mol. The van der Waals surface area contributed by atoms with Crippen molar-refractivity contribution in [1.82, 2.24) is 0 Å². The first kappa shape index (κ1) is 17.8. The highest BCUT2D eigenvalue weighted by molar-refractivity contribution is 6.33. The van der Waals surface area contributed by atoms with Crippen LogP contribution >= 0.6 is 11.6 Å². The number of nitrogens with zero attached hydrogens (tertiary/aromatic N) is 2. The maximum atomic E-state index is 13.2. The molecule has 0 aromatic heterocycles. The maximum absolute atomic E-state index is 13.2. The fraction of sp³-hybridized carbons (Fsp3) is 0.529. The van der Waals surface area contributed by atoms with Gasteiger partial charge in [-0.2, -0.15) is 18.4 Å². The van der Waals surface area contributed by atoms with Gasteiger partial charge in [0.05, 0.1) is 16.7 Å². The minimum absolute atomic E-state index is 0.0356. The highest BCUT2D eigenvalue weighted by Gasteiger charge is 2.40. The number of rotatable bonds is 4. The molecule has 0 spiro atoms. The molecule has 0 N–H and O–H groups in total. The molecule has 0 heterocycles. The second kappa shape index (κ2) is 7.83. The summed E-state index contributed by atoms with van der Waals surface area (Å²) in [6.07, 6.45) is 1.66. The van der Waals surface area contributed by atoms with Gasteiger partial charge in [0.15, 0.2) is 0 Å². The zero-order valence-electron chi connectivity index (χ0n) is 12.6. The Balaban J connectivity index is 2.12. The molecule has 1 aromatic rings. The first-order chi connectivity index (χ1) is 10.9. The first-order valence-electron chi connectivity index (χ1n) is 7.69. The van der Waals surface area contributed by atoms with Gasteiger partial charge in [0, 0.05) is 11.8 Å². The van der Waals surface area contributed by atoms with Crippen LogP contribution in [0, 0.1) is 17.2 Å². The second-order valence-corrected chi connectivity index (χ2v) is 6.33. The number of benzene rings is 1. The largest absolute Gasteiger partial charge is 0.410 e. The van der Waals surface area contributed by atoms with Crippen LogP contribution in [0.1, 0.15) is 49.7 Å². The number of hydrogen-bond donors (Lipinski definition) is 0. The zero-order chi connectivity index (χ0) is 16.9. The normalized spacial score (nSPS) is 18.0. The lowest BCUT2D eigenvalue weighted by Gasteiger charge is -2.25. The average Bonchev–Trinajstić information content (AvgIpc) is 2.52. The molecule has 2 rings (SSSR count). The van der Waals surface area contributed by atoms with Gasteiger partial charge in [0.2, 0.25) is 0 Å². The molecular weight excluding hydrogens is 325 g/mol. The standard InChI is InChI=1S/C17H18ClF3N2/c18-15-8-13(10-22)6-7-14(15)11-23-16(17(19,20)21)9-12-4-2-1-3-5-12/h6-8,11-12,16H,1-5,9H2. The molecule has 1 aliphatic carbocycles. The Hall–Kier alpha value is -1.54. The van der Waals surface area contributed by atoms with Crippen LogP contribution < -0.4 is 0 Å². The quantitative estimate of drug-likeness (QED) is 0.662. The smallest absolute Gasteiger partial charge is 0.280 e. The van der Waals surface area contributed by atoms with Gasteiger partial charge >= 0.3 is 6.18 Å². The lowest BCUT2D eigenvalue weighted by atomic mass is 9.85. The molecule has 1 atom stereocenters. The Bertz CT molecular complexity index is 599. The van der Waals surface area contributed by atoms with Crippen molar-refractivity contribution in [2.24, 2.45) is 10.9 Å². The van der Waals surface area contributed by atoms with Crippen molar-refractivity contribution in [2.75, 3.05) is 0 Å². The van der Waals surface area contributed by atoms with E-state index in [-0.39, 0.29) is 17.4 Å². The van der Waals surface area contributed by atoms with Crippen LogP contribution in [0.3, 0.4) is 0 Å². The summed E-state index contributed by atoms with van der Waals surface area (Å²) in [5, 5.41) is 9.00. The number of alkyl halides is 3. The Kier molecular flexibility index (Phi) is 6.06. The third-order valence-corrected chi connectivity index (χ3v) is 4.51. The predicted molar refractivity (Wildman–Crippen MR) is 84.8 cm³/mol. The molecule has 6 heteroatoms. The maximum Gasteiger partial charge on any atom is 0.410 e. The summed E-state index contributed by atoms with van der Waals surface area (Å²) in [6, 6.07) is 4.68. The van der Waals surface area contributed by atoms with E-state index in [9.17, 15) is 13.2 Å². The number of nitriles is 1. The van der Waals surface area contributed by atoms with Gasteiger partial charge < -0.3 is 0 Å². The summed E-state index contributed by atoms with van der Waals surface area (Å²) in [5.74, 6) is 0.0870. The Morgan fingerprint density at radius 2 is 2.00 bits per heavy atom. The van der Waals surface area contributed by atoms with E-state index in [0.29, 0.717) is 11.1 Å². The third kappa shape index (κ3) is 5.24. The lowest BCUT2D eigenvalue weighted by molar-refractivity contribution is -0.150. The van der Waals surface area contributed by atoms with E-state index in [0.717, 1.165) is 32.1 Å². The van der Waals surface area contributed by atoms with Gasteiger partial charge in [0.1, 0.15) is 6.04 Å². The van der Waals surface area contributed by atoms with Crippen LogP contribution in [0.5, 0.6) is 0 Å². The topological polar surface area (TPSA) is 36.1 Å². The van der Waals surface area contributed by atoms with Crippen molar-refractivity contribution in [3.8, 4) is 6.07 Å². The van der Waals surface area contributed by atoms with Crippen LogP contribution in [0.15, 0.2) is 23.2 Å². The molecule has 0 bridgehead atoms. The van der Waals surface area contributed by atoms with Crippen molar-refractivity contribution in [3.63, 3.8) is 0 Å². The van der Waals surface area contributed by atoms with Gasteiger partial charge in [-0.1, -0.05) is 49.8 Å². The molecule has 1 fully saturated rings. The molecule has 23 heavy (non-hydrogen) atoms. The number of halogens is 4. The molecule has 1 unspecified atom stereocenters. The summed E-state index contributed by atoms with van der Waals surface area (Å²) < 4.78 is 39.6. The molecule has 1 aromatic carbocycles. The Morgan fingerprint density at radius 1 is 1.30 bits per heavy atom. The van der Waals surface area contributed by atoms with Crippen LogP contribution in [0.25, 0.3) is 0 Å². The van der Waals surface area contributed by atoms with Gasteiger partial charge in [-0.3, -0.25) is 4.99 Å². The minimum Gasteiger partial charge on any atom is -0.280 e. The molecule has 0 radical (unpaired) electrons. The highest BCUT2D eigenvalue weighted by atomic mass is 35.5. The van der Waals surface area contributed by atoms with Crippen molar-refractivity contribution < 1.29 is 13.2 Å². The van der Waals surface area contributed by atoms with E-state index in [1.165, 1.54) is 24.4 Å². The summed E-state index contributed by atoms with van der Waals surface area (Å²) in [6.45, 7) is 0. The molecule has 1 aliphatic rings. The molecule has 1 saturated carbocycles. The summed E-state index contributed by atoms with van der Waals surface area (Å²) >= 11 is 5.97. The molecule has 0 aliphatic heterocycles. The fourth-order valence-corrected chi connectivity index (χ4v) is 3.12. The number of aliphatic imine (C=N–C) groups is 1. The van der Waals surface area contributed by atoms with E-state index in [4.69, 9.17) is 16.9 Å². The van der Waals surface area contributed by atoms with Crippen molar-refractivity contribution in [2.45, 2.75) is 50.7 Å². The molecular formula is C17H18ClF3N2. The van der Waals surface area contributed by atoms with E-state index in [2.05, 4.69) is 4.99 Å². The summed E-state index contributed by atoms with van der Waals surface area (Å²) in [7, 11) is 0. The Morgan fingerprint density at radius 3 is 2.57 bits per heavy atom. The van der Waals surface area contributed by atoms with Crippen LogP contribution in [0.2, 0.25) is 5.02 Å². The lowest BCUT2D eigenvalue weighted by Crippen LogP contribution is -2.30. The predicted octanol–water partition coefficient (Wildman–Crippen LogP) is 5.53. The van der Waals surface area contributed by atoms with E-state index >= 15 is 0 Å². The number of hydrogen-bond acceptors (Lipinski definition) is 2. The van der Waals surface area contributed by atoms with Crippen molar-refractivity contribution in [3.05, 3.63) is 34.3 Å². The summed E-state index contributed by atoms with van der Waals surface area (Å²) in [4.78, 5) is 3.76. The minimum atomic E-state index is -4.35. The molecule has 0 saturated heterocycles. The van der Waals surface area contributed by atoms with Crippen molar-refractivity contribution >= 4 is 17.8 Å². The Labute approximate surface area is 139 Å². The van der Waals surface area contributed by atoms with Gasteiger partial charge in [-0.25, -0.2) is 0 Å². The van der Waals surface area contributed by atoms with Gasteiger partial charge in [-0.15, -0.1) is 0 Å². The fourth-order valence-electron chi connectivity index (χ4n) is 2.89. The third-order valence-electron chi connectivity index (χ3n) is 4.18. The highest BCUT2D eigenvalue weighted by Crippen LogP contribution is 2.34. The van der Waals surface area contributed by atoms with Crippen LogP contribution in [-0.2, 0) is 0 Å². The first-order valence-corrected chi connectivity index (χ1v) is 8.07. The van der Waals surface area contributed by atoms with E-state index < -0.39 is 12.2 Å². The van der Waals surface area contributed by atoms with Crippen LogP contribution in [-0.4, -0.2) is 18.4 Å². The SMILES string of the molecule is N#Cc1ccc(C=NC(CC2CCCCC2)C(F)(F)F)c(Cl)c1. The second-order valence-electron chi connectivity index (χ2n) is 5.92. The van der Waals surface area contributed by atoms with Crippen LogP contribution in [0.4, 0.5) is 13.2 Å². The van der Waals surface area contributed by atoms with E-state index in [1.807, 2.05) is 6.07 Å². The molecule has 124 valence electrons. The monoisotopic (exact) mass is 342 g/mol. The zero-order valence-corrected chi connectivity index (χ0v) is 13.4. The van der Waals surface area contributed by atoms with E-state index in [1.54, 1.807) is 0 Å². The van der Waals surface area contributed by atoms with Crippen molar-refractivity contribution in [1.29, 1.82) is 5.26 Å². The summed E-state index contributed by atoms with van der Waals surface area (Å²) in [5.41, 5.74) is 0.755. The van der Waals surface area contributed by atoms with Gasteiger partial charge in [0.25, 0.3) is 0 Å². The molecule has 2 nitrogen and oxygen atoms in total.